The molecule has 3 aromatic rings. The van der Waals surface area contributed by atoms with Crippen molar-refractivity contribution in [1.82, 2.24) is 5.32 Å². The molecule has 7 heteroatoms. The fourth-order valence-corrected chi connectivity index (χ4v) is 3.03. The van der Waals surface area contributed by atoms with Crippen molar-refractivity contribution in [2.24, 2.45) is 5.73 Å². The molecule has 0 spiro atoms. The van der Waals surface area contributed by atoms with Gasteiger partial charge in [-0.2, -0.15) is 0 Å². The number of primary amides is 1. The van der Waals surface area contributed by atoms with Crippen LogP contribution in [0.4, 0.5) is 4.39 Å². The second kappa shape index (κ2) is 7.44. The highest BCUT2D eigenvalue weighted by Crippen LogP contribution is 2.28. The van der Waals surface area contributed by atoms with E-state index in [0.717, 1.165) is 11.1 Å². The molecule has 1 atom stereocenters. The quantitative estimate of drug-likeness (QED) is 0.607. The molecule has 28 heavy (non-hydrogen) atoms. The molecule has 4 N–H and O–H groups in total. The maximum atomic E-state index is 13.4. The van der Waals surface area contributed by atoms with Crippen LogP contribution in [-0.2, 0) is 11.2 Å². The lowest BCUT2D eigenvalue weighted by Crippen LogP contribution is -2.57. The zero-order valence-corrected chi connectivity index (χ0v) is 15.6. The molecule has 0 unspecified atom stereocenters. The Morgan fingerprint density at radius 2 is 1.93 bits per heavy atom. The number of benzene rings is 2. The predicted octanol–water partition coefficient (Wildman–Crippen LogP) is 2.44. The van der Waals surface area contributed by atoms with Gasteiger partial charge < -0.3 is 20.6 Å². The molecule has 0 fully saturated rings. The molecule has 2 amide bonds. The average molecular weight is 384 g/mol. The van der Waals surface area contributed by atoms with Gasteiger partial charge in [0, 0.05) is 5.39 Å². The molecule has 0 radical (unpaired) electrons. The van der Waals surface area contributed by atoms with Crippen molar-refractivity contribution in [2.45, 2.75) is 25.8 Å². The first kappa shape index (κ1) is 19.6. The summed E-state index contributed by atoms with van der Waals surface area (Å²) < 4.78 is 19.1. The van der Waals surface area contributed by atoms with E-state index < -0.39 is 24.0 Å². The minimum absolute atomic E-state index is 0.261. The van der Waals surface area contributed by atoms with Crippen molar-refractivity contribution in [1.29, 1.82) is 0 Å². The Labute approximate surface area is 161 Å². The van der Waals surface area contributed by atoms with Crippen molar-refractivity contribution < 1.29 is 23.5 Å². The molecule has 0 aliphatic rings. The summed E-state index contributed by atoms with van der Waals surface area (Å²) in [4.78, 5) is 24.4. The van der Waals surface area contributed by atoms with Gasteiger partial charge in [-0.15, -0.1) is 0 Å². The van der Waals surface area contributed by atoms with Crippen molar-refractivity contribution in [3.05, 3.63) is 70.7 Å². The molecular formula is C21H21FN2O4. The van der Waals surface area contributed by atoms with Crippen LogP contribution < -0.4 is 11.1 Å². The number of aliphatic hydroxyl groups excluding tert-OH is 1. The number of aliphatic hydroxyl groups is 1. The third-order valence-electron chi connectivity index (χ3n) is 4.70. The first-order chi connectivity index (χ1) is 13.2. The Morgan fingerprint density at radius 3 is 2.57 bits per heavy atom. The Morgan fingerprint density at radius 1 is 1.21 bits per heavy atom. The van der Waals surface area contributed by atoms with E-state index in [9.17, 15) is 19.1 Å². The summed E-state index contributed by atoms with van der Waals surface area (Å²) in [6, 6.07) is 11.7. The summed E-state index contributed by atoms with van der Waals surface area (Å²) in [7, 11) is 0. The summed E-state index contributed by atoms with van der Waals surface area (Å²) in [5.41, 5.74) is 6.13. The van der Waals surface area contributed by atoms with E-state index in [1.165, 1.54) is 19.1 Å². The summed E-state index contributed by atoms with van der Waals surface area (Å²) >= 11 is 0. The highest BCUT2D eigenvalue weighted by atomic mass is 19.1. The van der Waals surface area contributed by atoms with Crippen LogP contribution in [0.1, 0.15) is 34.2 Å². The Bertz CT molecular complexity index is 1060. The molecule has 0 aliphatic carbocycles. The van der Waals surface area contributed by atoms with Crippen LogP contribution in [-0.4, -0.2) is 29.1 Å². The number of nitrogens with one attached hydrogen (secondary N) is 1. The van der Waals surface area contributed by atoms with Crippen LogP contribution in [0.3, 0.4) is 0 Å². The second-order valence-corrected chi connectivity index (χ2v) is 6.98. The van der Waals surface area contributed by atoms with Gasteiger partial charge in [-0.25, -0.2) is 4.39 Å². The minimum Gasteiger partial charge on any atom is -0.461 e. The van der Waals surface area contributed by atoms with Crippen molar-refractivity contribution in [2.75, 3.05) is 6.61 Å². The Balaban J connectivity index is 1.97. The fourth-order valence-electron chi connectivity index (χ4n) is 3.03. The van der Waals surface area contributed by atoms with Crippen LogP contribution in [0, 0.1) is 12.7 Å². The van der Waals surface area contributed by atoms with E-state index in [1.807, 2.05) is 12.1 Å². The van der Waals surface area contributed by atoms with E-state index in [2.05, 4.69) is 5.32 Å². The molecule has 0 saturated heterocycles. The van der Waals surface area contributed by atoms with Crippen LogP contribution in [0.2, 0.25) is 0 Å². The number of rotatable bonds is 6. The van der Waals surface area contributed by atoms with Crippen LogP contribution in [0.5, 0.6) is 0 Å². The van der Waals surface area contributed by atoms with Gasteiger partial charge in [0.2, 0.25) is 5.91 Å². The summed E-state index contributed by atoms with van der Waals surface area (Å²) in [6.45, 7) is 2.36. The number of carbonyl (C=O) groups excluding carboxylic acids is 2. The van der Waals surface area contributed by atoms with E-state index in [1.54, 1.807) is 25.1 Å². The number of nitrogens with two attached hydrogens (primary N) is 1. The monoisotopic (exact) mass is 384 g/mol. The SMILES string of the molecule is Cc1oc2ccc(Cc3cccc(F)c3)cc2c1C(=O)N[C@@](C)(CO)C(N)=O. The van der Waals surface area contributed by atoms with Gasteiger partial charge in [-0.3, -0.25) is 9.59 Å². The smallest absolute Gasteiger partial charge is 0.256 e. The molecule has 6 nitrogen and oxygen atoms in total. The molecule has 1 heterocycles. The molecule has 0 aliphatic heterocycles. The summed E-state index contributed by atoms with van der Waals surface area (Å²) in [5, 5.41) is 12.5. The van der Waals surface area contributed by atoms with Crippen molar-refractivity contribution in [3.8, 4) is 0 Å². The third-order valence-corrected chi connectivity index (χ3v) is 4.70. The van der Waals surface area contributed by atoms with E-state index in [4.69, 9.17) is 10.2 Å². The number of carbonyl (C=O) groups is 2. The first-order valence-corrected chi connectivity index (χ1v) is 8.73. The topological polar surface area (TPSA) is 106 Å². The van der Waals surface area contributed by atoms with Gasteiger partial charge in [0.1, 0.15) is 22.7 Å². The molecule has 0 bridgehead atoms. The van der Waals surface area contributed by atoms with Gasteiger partial charge in [0.15, 0.2) is 0 Å². The largest absolute Gasteiger partial charge is 0.461 e. The zero-order chi connectivity index (χ0) is 20.5. The molecule has 2 aromatic carbocycles. The predicted molar refractivity (Wildman–Crippen MR) is 102 cm³/mol. The van der Waals surface area contributed by atoms with Gasteiger partial charge in [0.05, 0.1) is 12.2 Å². The summed E-state index contributed by atoms with van der Waals surface area (Å²) in [5.74, 6) is -1.36. The average Bonchev–Trinajstić information content (AvgIpc) is 2.96. The maximum absolute atomic E-state index is 13.4. The van der Waals surface area contributed by atoms with Crippen LogP contribution >= 0.6 is 0 Å². The van der Waals surface area contributed by atoms with Gasteiger partial charge >= 0.3 is 0 Å². The minimum atomic E-state index is -1.59. The van der Waals surface area contributed by atoms with Crippen molar-refractivity contribution in [3.63, 3.8) is 0 Å². The van der Waals surface area contributed by atoms with E-state index in [-0.39, 0.29) is 11.4 Å². The fraction of sp³-hybridized carbons (Fsp3) is 0.238. The number of hydrogen-bond acceptors (Lipinski definition) is 4. The molecule has 146 valence electrons. The van der Waals surface area contributed by atoms with Gasteiger partial charge in [0.25, 0.3) is 5.91 Å². The second-order valence-electron chi connectivity index (χ2n) is 6.98. The van der Waals surface area contributed by atoms with Crippen molar-refractivity contribution >= 4 is 22.8 Å². The summed E-state index contributed by atoms with van der Waals surface area (Å²) in [6.07, 6.45) is 0.481. The normalized spacial score (nSPS) is 13.3. The van der Waals surface area contributed by atoms with E-state index >= 15 is 0 Å². The molecule has 3 rings (SSSR count). The number of furan rings is 1. The number of hydrogen-bond donors (Lipinski definition) is 3. The molecule has 0 saturated carbocycles. The highest BCUT2D eigenvalue weighted by molar-refractivity contribution is 6.09. The third kappa shape index (κ3) is 3.75. The zero-order valence-electron chi connectivity index (χ0n) is 15.6. The Hall–Kier alpha value is -3.19. The van der Waals surface area contributed by atoms with Crippen LogP contribution in [0.15, 0.2) is 46.9 Å². The maximum Gasteiger partial charge on any atom is 0.256 e. The number of halogens is 1. The van der Waals surface area contributed by atoms with Gasteiger partial charge in [-0.1, -0.05) is 18.2 Å². The Kier molecular flexibility index (Phi) is 5.20. The lowest BCUT2D eigenvalue weighted by molar-refractivity contribution is -0.124. The molecule has 1 aromatic heterocycles. The van der Waals surface area contributed by atoms with E-state index in [0.29, 0.717) is 23.2 Å². The molecular weight excluding hydrogens is 363 g/mol. The number of aryl methyl sites for hydroxylation is 1. The number of amides is 2. The lowest BCUT2D eigenvalue weighted by atomic mass is 9.99. The highest BCUT2D eigenvalue weighted by Gasteiger charge is 2.34. The first-order valence-electron chi connectivity index (χ1n) is 8.73. The van der Waals surface area contributed by atoms with Gasteiger partial charge in [-0.05, 0) is 55.7 Å². The standard InChI is InChI=1S/C21H21FN2O4/c1-12-18(19(26)24-21(2,11-25)20(23)27)16-10-14(6-7-17(16)28-12)8-13-4-3-5-15(22)9-13/h3-7,9-10,25H,8,11H2,1-2H3,(H2,23,27)(H,24,26)/t21-/m0/s1. The number of fused-ring (bicyclic) bond motifs is 1. The van der Waals surface area contributed by atoms with Crippen LogP contribution in [0.25, 0.3) is 11.0 Å². The lowest BCUT2D eigenvalue weighted by Gasteiger charge is -2.24.